The molecular formula is C8H16O3. The molecule has 0 aliphatic heterocycles. The molecule has 3 nitrogen and oxygen atoms in total. The molecule has 0 fully saturated rings. The molecule has 0 aromatic heterocycles. The van der Waals surface area contributed by atoms with Crippen molar-refractivity contribution in [3.05, 3.63) is 0 Å². The van der Waals surface area contributed by atoms with Gasteiger partial charge >= 0.3 is 5.97 Å². The predicted molar refractivity (Wildman–Crippen MR) is 42.1 cm³/mol. The summed E-state index contributed by atoms with van der Waals surface area (Å²) in [4.78, 5) is 10.4. The number of aliphatic hydroxyl groups excluding tert-OH is 1. The van der Waals surface area contributed by atoms with Crippen LogP contribution in [-0.2, 0) is 9.53 Å². The highest BCUT2D eigenvalue weighted by atomic mass is 16.5. The van der Waals surface area contributed by atoms with E-state index in [2.05, 4.69) is 0 Å². The second-order valence-electron chi connectivity index (χ2n) is 2.85. The summed E-state index contributed by atoms with van der Waals surface area (Å²) in [6, 6.07) is 0. The molecule has 66 valence electrons. The Morgan fingerprint density at radius 3 is 2.36 bits per heavy atom. The Bertz CT molecular complexity index is 121. The Kier molecular flexibility index (Phi) is 4.86. The van der Waals surface area contributed by atoms with Crippen molar-refractivity contribution in [2.24, 2.45) is 0 Å². The molecule has 0 aromatic carbocycles. The fraction of sp³-hybridized carbons (Fsp3) is 0.875. The van der Waals surface area contributed by atoms with E-state index in [0.717, 1.165) is 6.42 Å². The fourth-order valence-electron chi connectivity index (χ4n) is 0.818. The molecule has 0 saturated heterocycles. The topological polar surface area (TPSA) is 46.5 Å². The molecule has 11 heavy (non-hydrogen) atoms. The Morgan fingerprint density at radius 2 is 2.00 bits per heavy atom. The molecule has 0 radical (unpaired) electrons. The quantitative estimate of drug-likeness (QED) is 0.626. The van der Waals surface area contributed by atoms with Gasteiger partial charge in [0.1, 0.15) is 0 Å². The summed E-state index contributed by atoms with van der Waals surface area (Å²) in [7, 11) is 0. The van der Waals surface area contributed by atoms with E-state index in [4.69, 9.17) is 9.84 Å². The molecule has 0 bridgehead atoms. The summed E-state index contributed by atoms with van der Waals surface area (Å²) in [5.41, 5.74) is 0. The van der Waals surface area contributed by atoms with Gasteiger partial charge in [0.05, 0.1) is 12.2 Å². The van der Waals surface area contributed by atoms with E-state index in [1.165, 1.54) is 6.92 Å². The molecular weight excluding hydrogens is 144 g/mol. The third-order valence-corrected chi connectivity index (χ3v) is 1.36. The lowest BCUT2D eigenvalue weighted by atomic mass is 10.1. The van der Waals surface area contributed by atoms with E-state index in [-0.39, 0.29) is 18.2 Å². The highest BCUT2D eigenvalue weighted by Crippen LogP contribution is 2.04. The van der Waals surface area contributed by atoms with Gasteiger partial charge < -0.3 is 9.84 Å². The monoisotopic (exact) mass is 160 g/mol. The Hall–Kier alpha value is -0.570. The average molecular weight is 160 g/mol. The van der Waals surface area contributed by atoms with Crippen LogP contribution in [0.3, 0.4) is 0 Å². The van der Waals surface area contributed by atoms with Gasteiger partial charge in [0, 0.05) is 6.92 Å². The van der Waals surface area contributed by atoms with Crippen LogP contribution in [0.15, 0.2) is 0 Å². The van der Waals surface area contributed by atoms with E-state index in [0.29, 0.717) is 6.42 Å². The van der Waals surface area contributed by atoms with E-state index in [1.54, 1.807) is 6.92 Å². The number of esters is 1. The molecule has 0 spiro atoms. The van der Waals surface area contributed by atoms with Crippen LogP contribution in [0.4, 0.5) is 0 Å². The van der Waals surface area contributed by atoms with Gasteiger partial charge in [0.25, 0.3) is 0 Å². The van der Waals surface area contributed by atoms with E-state index < -0.39 is 0 Å². The van der Waals surface area contributed by atoms with Crippen molar-refractivity contribution < 1.29 is 14.6 Å². The summed E-state index contributed by atoms with van der Waals surface area (Å²) < 4.78 is 4.85. The molecule has 0 saturated carbocycles. The first kappa shape index (κ1) is 10.4. The van der Waals surface area contributed by atoms with Gasteiger partial charge in [-0.1, -0.05) is 0 Å². The van der Waals surface area contributed by atoms with Crippen molar-refractivity contribution in [1.29, 1.82) is 0 Å². The first-order valence-electron chi connectivity index (χ1n) is 3.87. The zero-order valence-electron chi connectivity index (χ0n) is 7.33. The van der Waals surface area contributed by atoms with Gasteiger partial charge in [0.15, 0.2) is 0 Å². The molecule has 3 heteroatoms. The van der Waals surface area contributed by atoms with Crippen LogP contribution in [-0.4, -0.2) is 23.3 Å². The van der Waals surface area contributed by atoms with Gasteiger partial charge in [-0.2, -0.15) is 0 Å². The van der Waals surface area contributed by atoms with Gasteiger partial charge in [-0.25, -0.2) is 0 Å². The molecule has 1 N–H and O–H groups in total. The van der Waals surface area contributed by atoms with Crippen molar-refractivity contribution >= 4 is 5.97 Å². The highest BCUT2D eigenvalue weighted by molar-refractivity contribution is 5.66. The maximum absolute atomic E-state index is 10.4. The number of aliphatic hydroxyl groups is 1. The number of ether oxygens (including phenoxy) is 1. The Morgan fingerprint density at radius 1 is 1.45 bits per heavy atom. The summed E-state index contributed by atoms with van der Waals surface area (Å²) in [5, 5.41) is 8.89. The lowest BCUT2D eigenvalue weighted by molar-refractivity contribution is -0.145. The van der Waals surface area contributed by atoms with E-state index in [9.17, 15) is 4.79 Å². The zero-order valence-corrected chi connectivity index (χ0v) is 7.33. The van der Waals surface area contributed by atoms with Crippen LogP contribution < -0.4 is 0 Å². The van der Waals surface area contributed by atoms with Crippen LogP contribution in [0.5, 0.6) is 0 Å². The Labute approximate surface area is 67.4 Å². The van der Waals surface area contributed by atoms with Crippen LogP contribution in [0.25, 0.3) is 0 Å². The summed E-state index contributed by atoms with van der Waals surface area (Å²) in [6.45, 7) is 4.93. The van der Waals surface area contributed by atoms with Crippen LogP contribution in [0, 0.1) is 0 Å². The second kappa shape index (κ2) is 5.13. The van der Waals surface area contributed by atoms with Crippen molar-refractivity contribution in [2.75, 3.05) is 0 Å². The lowest BCUT2D eigenvalue weighted by Gasteiger charge is -2.12. The third-order valence-electron chi connectivity index (χ3n) is 1.36. The maximum atomic E-state index is 10.4. The molecule has 0 heterocycles. The molecule has 0 rings (SSSR count). The summed E-state index contributed by atoms with van der Waals surface area (Å²) >= 11 is 0. The first-order chi connectivity index (χ1) is 5.02. The SMILES string of the molecule is CC(=O)O[C@@H](C)CC[C@@H](C)O. The van der Waals surface area contributed by atoms with Gasteiger partial charge in [-0.05, 0) is 26.7 Å². The molecule has 0 aliphatic rings. The van der Waals surface area contributed by atoms with Crippen molar-refractivity contribution in [1.82, 2.24) is 0 Å². The maximum Gasteiger partial charge on any atom is 0.302 e. The highest BCUT2D eigenvalue weighted by Gasteiger charge is 2.06. The minimum atomic E-state index is -0.312. The normalized spacial score (nSPS) is 15.6. The standard InChI is InChI=1S/C8H16O3/c1-6(9)4-5-7(2)11-8(3)10/h6-7,9H,4-5H2,1-3H3/t6-,7+/m1/s1. The molecule has 0 aliphatic carbocycles. The Balaban J connectivity index is 3.37. The van der Waals surface area contributed by atoms with E-state index in [1.807, 2.05) is 6.92 Å². The minimum absolute atomic E-state index is 0.0814. The molecule has 2 atom stereocenters. The minimum Gasteiger partial charge on any atom is -0.463 e. The fourth-order valence-corrected chi connectivity index (χ4v) is 0.818. The van der Waals surface area contributed by atoms with Crippen LogP contribution >= 0.6 is 0 Å². The molecule has 0 amide bonds. The second-order valence-corrected chi connectivity index (χ2v) is 2.85. The molecule has 0 unspecified atom stereocenters. The van der Waals surface area contributed by atoms with Crippen molar-refractivity contribution in [3.63, 3.8) is 0 Å². The first-order valence-corrected chi connectivity index (χ1v) is 3.87. The number of carbonyl (C=O) groups excluding carboxylic acids is 1. The van der Waals surface area contributed by atoms with Crippen molar-refractivity contribution in [2.45, 2.75) is 45.8 Å². The smallest absolute Gasteiger partial charge is 0.302 e. The van der Waals surface area contributed by atoms with Gasteiger partial charge in [-0.3, -0.25) is 4.79 Å². The van der Waals surface area contributed by atoms with Gasteiger partial charge in [-0.15, -0.1) is 0 Å². The van der Waals surface area contributed by atoms with Gasteiger partial charge in [0.2, 0.25) is 0 Å². The predicted octanol–water partition coefficient (Wildman–Crippen LogP) is 1.10. The zero-order chi connectivity index (χ0) is 8.85. The summed E-state index contributed by atoms with van der Waals surface area (Å²) in [6.07, 6.45) is 1.00. The molecule has 0 aromatic rings. The lowest BCUT2D eigenvalue weighted by Crippen LogP contribution is -2.14. The number of rotatable bonds is 4. The van der Waals surface area contributed by atoms with E-state index >= 15 is 0 Å². The largest absolute Gasteiger partial charge is 0.463 e. The van der Waals surface area contributed by atoms with Crippen LogP contribution in [0.1, 0.15) is 33.6 Å². The average Bonchev–Trinajstić information content (AvgIpc) is 1.82. The number of carbonyl (C=O) groups is 1. The third kappa shape index (κ3) is 7.33. The van der Waals surface area contributed by atoms with Crippen molar-refractivity contribution in [3.8, 4) is 0 Å². The summed E-state index contributed by atoms with van der Waals surface area (Å²) in [5.74, 6) is -0.261. The van der Waals surface area contributed by atoms with Crippen LogP contribution in [0.2, 0.25) is 0 Å². The number of hydrogen-bond acceptors (Lipinski definition) is 3. The number of hydrogen-bond donors (Lipinski definition) is 1.